The van der Waals surface area contributed by atoms with Gasteiger partial charge in [-0.1, -0.05) is 12.1 Å². The molecule has 0 bridgehead atoms. The molecule has 0 saturated heterocycles. The van der Waals surface area contributed by atoms with Crippen molar-refractivity contribution in [2.24, 2.45) is 4.99 Å². The Morgan fingerprint density at radius 2 is 1.70 bits per heavy atom. The molecular formula is C23H34IN5O4. The fraction of sp³-hybridized carbons (Fsp3) is 0.435. The molecule has 0 fully saturated rings. The largest absolute Gasteiger partial charge is 0.459 e. The summed E-state index contributed by atoms with van der Waals surface area (Å²) in [6.07, 6.45) is 0.991. The molecule has 10 heteroatoms. The maximum absolute atomic E-state index is 12.0. The summed E-state index contributed by atoms with van der Waals surface area (Å²) in [4.78, 5) is 28.3. The molecular weight excluding hydrogens is 537 g/mol. The monoisotopic (exact) mass is 571 g/mol. The van der Waals surface area contributed by atoms with Gasteiger partial charge in [-0.05, 0) is 64.4 Å². The Hall–Kier alpha value is -2.76. The number of furan rings is 1. The Kier molecular flexibility index (Phi) is 10.7. The van der Waals surface area contributed by atoms with Crippen LogP contribution in [0.4, 0.5) is 10.5 Å². The molecule has 33 heavy (non-hydrogen) atoms. The van der Waals surface area contributed by atoms with Crippen LogP contribution in [0, 0.1) is 0 Å². The molecule has 4 N–H and O–H groups in total. The summed E-state index contributed by atoms with van der Waals surface area (Å²) in [5, 5.41) is 12.1. The van der Waals surface area contributed by atoms with E-state index in [1.54, 1.807) is 19.2 Å². The molecule has 0 saturated carbocycles. The number of hydrogen-bond acceptors (Lipinski definition) is 5. The number of aliphatic imine (C=N–C) groups is 1. The minimum atomic E-state index is -0.553. The van der Waals surface area contributed by atoms with Crippen molar-refractivity contribution >= 4 is 47.6 Å². The average Bonchev–Trinajstić information content (AvgIpc) is 3.22. The highest BCUT2D eigenvalue weighted by atomic mass is 127. The molecule has 182 valence electrons. The summed E-state index contributed by atoms with van der Waals surface area (Å²) < 4.78 is 10.4. The van der Waals surface area contributed by atoms with E-state index < -0.39 is 17.2 Å². The van der Waals surface area contributed by atoms with E-state index in [2.05, 4.69) is 26.3 Å². The first kappa shape index (κ1) is 28.3. The first-order chi connectivity index (χ1) is 15.0. The SMILES string of the molecule is CN=C(NCc1ccc(NC(=O)c2ccco2)cc1)NCC(C)(C)NC(=O)OC(C)(C)C.I. The van der Waals surface area contributed by atoms with Crippen molar-refractivity contribution in [2.45, 2.75) is 52.3 Å². The lowest BCUT2D eigenvalue weighted by Crippen LogP contribution is -2.54. The molecule has 2 amide bonds. The number of nitrogens with zero attached hydrogens (tertiary/aromatic N) is 1. The van der Waals surface area contributed by atoms with Crippen molar-refractivity contribution in [1.82, 2.24) is 16.0 Å². The number of alkyl carbamates (subject to hydrolysis) is 1. The van der Waals surface area contributed by atoms with Crippen molar-refractivity contribution in [3.8, 4) is 0 Å². The van der Waals surface area contributed by atoms with Crippen LogP contribution in [0.15, 0.2) is 52.1 Å². The Morgan fingerprint density at radius 3 is 2.24 bits per heavy atom. The molecule has 0 aliphatic heterocycles. The summed E-state index contributed by atoms with van der Waals surface area (Å²) in [5.41, 5.74) is 0.582. The smallest absolute Gasteiger partial charge is 0.408 e. The lowest BCUT2D eigenvalue weighted by Gasteiger charge is -2.29. The number of anilines is 1. The third kappa shape index (κ3) is 10.6. The normalized spacial score (nSPS) is 11.8. The number of carbonyl (C=O) groups is 2. The van der Waals surface area contributed by atoms with Gasteiger partial charge in [0.1, 0.15) is 5.60 Å². The molecule has 0 atom stereocenters. The molecule has 2 aromatic rings. The van der Waals surface area contributed by atoms with Crippen molar-refractivity contribution in [3.05, 3.63) is 54.0 Å². The Morgan fingerprint density at radius 1 is 1.03 bits per heavy atom. The topological polar surface area (TPSA) is 117 Å². The van der Waals surface area contributed by atoms with E-state index in [-0.39, 0.29) is 35.6 Å². The maximum Gasteiger partial charge on any atom is 0.408 e. The molecule has 1 aromatic carbocycles. The van der Waals surface area contributed by atoms with Gasteiger partial charge in [-0.3, -0.25) is 9.79 Å². The number of rotatable bonds is 7. The summed E-state index contributed by atoms with van der Waals surface area (Å²) in [5.74, 6) is 0.557. The summed E-state index contributed by atoms with van der Waals surface area (Å²) in [6.45, 7) is 10.2. The van der Waals surface area contributed by atoms with Gasteiger partial charge in [0, 0.05) is 25.8 Å². The second-order valence-electron chi connectivity index (χ2n) is 8.92. The van der Waals surface area contributed by atoms with Gasteiger partial charge >= 0.3 is 6.09 Å². The molecule has 2 rings (SSSR count). The van der Waals surface area contributed by atoms with Crippen LogP contribution in [0.3, 0.4) is 0 Å². The quantitative estimate of drug-likeness (QED) is 0.226. The highest BCUT2D eigenvalue weighted by molar-refractivity contribution is 14.0. The zero-order valence-electron chi connectivity index (χ0n) is 19.9. The van der Waals surface area contributed by atoms with Gasteiger partial charge in [-0.15, -0.1) is 24.0 Å². The van der Waals surface area contributed by atoms with Gasteiger partial charge in [-0.2, -0.15) is 0 Å². The zero-order valence-corrected chi connectivity index (χ0v) is 22.3. The summed E-state index contributed by atoms with van der Waals surface area (Å²) in [6, 6.07) is 10.7. The minimum Gasteiger partial charge on any atom is -0.459 e. The number of nitrogens with one attached hydrogen (secondary N) is 4. The number of ether oxygens (including phenoxy) is 1. The zero-order chi connectivity index (χ0) is 23.8. The number of guanidine groups is 1. The fourth-order valence-corrected chi connectivity index (χ4v) is 2.64. The molecule has 0 radical (unpaired) electrons. The summed E-state index contributed by atoms with van der Waals surface area (Å²) >= 11 is 0. The van der Waals surface area contributed by atoms with E-state index >= 15 is 0 Å². The fourth-order valence-electron chi connectivity index (χ4n) is 2.64. The molecule has 0 aliphatic rings. The maximum atomic E-state index is 12.0. The number of carbonyl (C=O) groups excluding carboxylic acids is 2. The van der Waals surface area contributed by atoms with Gasteiger partial charge in [-0.25, -0.2) is 4.79 Å². The van der Waals surface area contributed by atoms with Crippen LogP contribution in [0.5, 0.6) is 0 Å². The lowest BCUT2D eigenvalue weighted by molar-refractivity contribution is 0.0473. The van der Waals surface area contributed by atoms with Crippen LogP contribution < -0.4 is 21.3 Å². The van der Waals surface area contributed by atoms with Crippen molar-refractivity contribution in [3.63, 3.8) is 0 Å². The number of amides is 2. The molecule has 1 heterocycles. The van der Waals surface area contributed by atoms with Gasteiger partial charge in [0.25, 0.3) is 5.91 Å². The molecule has 9 nitrogen and oxygen atoms in total. The van der Waals surface area contributed by atoms with Crippen LogP contribution in [-0.2, 0) is 11.3 Å². The molecule has 0 unspecified atom stereocenters. The van der Waals surface area contributed by atoms with Crippen molar-refractivity contribution < 1.29 is 18.7 Å². The van der Waals surface area contributed by atoms with E-state index in [0.717, 1.165) is 5.56 Å². The standard InChI is InChI=1S/C23H33N5O4.HI/c1-22(2,3)32-21(30)28-23(4,5)15-26-20(24-6)25-14-16-9-11-17(12-10-16)27-19(29)18-8-7-13-31-18;/h7-13H,14-15H2,1-6H3,(H,27,29)(H,28,30)(H2,24,25,26);1H. The number of hydrogen-bond donors (Lipinski definition) is 4. The number of benzene rings is 1. The van der Waals surface area contributed by atoms with Crippen LogP contribution in [0.2, 0.25) is 0 Å². The van der Waals surface area contributed by atoms with E-state index in [0.29, 0.717) is 24.7 Å². The third-order valence-corrected chi connectivity index (χ3v) is 4.18. The first-order valence-corrected chi connectivity index (χ1v) is 10.4. The Bertz CT molecular complexity index is 919. The highest BCUT2D eigenvalue weighted by Gasteiger charge is 2.24. The van der Waals surface area contributed by atoms with Gasteiger partial charge in [0.2, 0.25) is 0 Å². The van der Waals surface area contributed by atoms with Crippen LogP contribution in [0.1, 0.15) is 50.7 Å². The van der Waals surface area contributed by atoms with Crippen molar-refractivity contribution in [1.29, 1.82) is 0 Å². The second kappa shape index (κ2) is 12.5. The Labute approximate surface area is 212 Å². The molecule has 1 aromatic heterocycles. The second-order valence-corrected chi connectivity index (χ2v) is 8.92. The Balaban J connectivity index is 0.00000544. The van der Waals surface area contributed by atoms with Crippen molar-refractivity contribution in [2.75, 3.05) is 18.9 Å². The third-order valence-electron chi connectivity index (χ3n) is 4.18. The van der Waals surface area contributed by atoms with E-state index in [9.17, 15) is 9.59 Å². The van der Waals surface area contributed by atoms with Crippen LogP contribution in [0.25, 0.3) is 0 Å². The van der Waals surface area contributed by atoms with E-state index in [4.69, 9.17) is 9.15 Å². The first-order valence-electron chi connectivity index (χ1n) is 10.4. The van der Waals surface area contributed by atoms with Crippen LogP contribution in [-0.4, -0.2) is 42.7 Å². The van der Waals surface area contributed by atoms with E-state index in [1.807, 2.05) is 58.9 Å². The highest BCUT2D eigenvalue weighted by Crippen LogP contribution is 2.12. The molecule has 0 spiro atoms. The van der Waals surface area contributed by atoms with Gasteiger partial charge in [0.15, 0.2) is 11.7 Å². The average molecular weight is 571 g/mol. The number of halogens is 1. The minimum absolute atomic E-state index is 0. The lowest BCUT2D eigenvalue weighted by atomic mass is 10.1. The summed E-state index contributed by atoms with van der Waals surface area (Å²) in [7, 11) is 1.68. The van der Waals surface area contributed by atoms with Gasteiger partial charge < -0.3 is 30.4 Å². The molecule has 0 aliphatic carbocycles. The predicted octanol–water partition coefficient (Wildman–Crippen LogP) is 4.12. The van der Waals surface area contributed by atoms with E-state index in [1.165, 1.54) is 6.26 Å². The van der Waals surface area contributed by atoms with Crippen LogP contribution >= 0.6 is 24.0 Å². The predicted molar refractivity (Wildman–Crippen MR) is 140 cm³/mol. The van der Waals surface area contributed by atoms with Gasteiger partial charge in [0.05, 0.1) is 11.8 Å².